The summed E-state index contributed by atoms with van der Waals surface area (Å²) in [7, 11) is 1.93. The van der Waals surface area contributed by atoms with Crippen LogP contribution in [-0.4, -0.2) is 21.4 Å². The van der Waals surface area contributed by atoms with Crippen molar-refractivity contribution >= 4 is 11.3 Å². The van der Waals surface area contributed by atoms with Gasteiger partial charge in [0, 0.05) is 55.1 Å². The van der Waals surface area contributed by atoms with Gasteiger partial charge in [-0.1, -0.05) is 30.3 Å². The van der Waals surface area contributed by atoms with Crippen molar-refractivity contribution in [2.24, 2.45) is 7.05 Å². The summed E-state index contributed by atoms with van der Waals surface area (Å²) in [5.74, 6) is 0.287. The number of hydrogen-bond acceptors (Lipinski definition) is 4. The molecule has 0 aliphatic carbocycles. The molecule has 5 nitrogen and oxygen atoms in total. The van der Waals surface area contributed by atoms with Crippen molar-refractivity contribution in [1.29, 1.82) is 0 Å². The zero-order valence-corrected chi connectivity index (χ0v) is 16.1. The van der Waals surface area contributed by atoms with E-state index in [-0.39, 0.29) is 5.75 Å². The number of rotatable bonds is 5. The van der Waals surface area contributed by atoms with E-state index in [9.17, 15) is 5.11 Å². The number of aromatic hydroxyl groups is 1. The van der Waals surface area contributed by atoms with E-state index < -0.39 is 0 Å². The Morgan fingerprint density at radius 3 is 2.68 bits per heavy atom. The van der Waals surface area contributed by atoms with Crippen molar-refractivity contribution in [3.63, 3.8) is 0 Å². The summed E-state index contributed by atoms with van der Waals surface area (Å²) in [6.45, 7) is 3.54. The Kier molecular flexibility index (Phi) is 4.89. The quantitative estimate of drug-likeness (QED) is 0.712. The Hall–Kier alpha value is -3.47. The number of nitrogens with one attached hydrogen (secondary N) is 1. The highest BCUT2D eigenvalue weighted by molar-refractivity contribution is 5.82. The Labute approximate surface area is 165 Å². The fourth-order valence-electron chi connectivity index (χ4n) is 3.46. The lowest BCUT2D eigenvalue weighted by Crippen LogP contribution is -2.26. The highest BCUT2D eigenvalue weighted by Gasteiger charge is 2.18. The van der Waals surface area contributed by atoms with Crippen LogP contribution in [0, 0.1) is 6.92 Å². The number of nitrogens with zero attached hydrogens (tertiary/aromatic N) is 3. The third-order valence-electron chi connectivity index (χ3n) is 4.90. The second-order valence-electron chi connectivity index (χ2n) is 7.03. The molecule has 142 valence electrons. The summed E-state index contributed by atoms with van der Waals surface area (Å²) >= 11 is 0. The van der Waals surface area contributed by atoms with Crippen molar-refractivity contribution in [3.8, 4) is 5.75 Å². The summed E-state index contributed by atoms with van der Waals surface area (Å²) in [4.78, 5) is 2.20. The minimum absolute atomic E-state index is 0.287. The first-order valence-electron chi connectivity index (χ1n) is 9.35. The molecule has 2 heterocycles. The molecule has 2 N–H and O–H groups in total. The normalized spacial score (nSPS) is 13.9. The fourth-order valence-corrected chi connectivity index (χ4v) is 3.46. The molecule has 1 aromatic heterocycles. The summed E-state index contributed by atoms with van der Waals surface area (Å²) < 4.78 is 1.82. The molecule has 4 rings (SSSR count). The molecular formula is C23H24N4O. The average molecular weight is 372 g/mol. The van der Waals surface area contributed by atoms with Crippen molar-refractivity contribution in [2.75, 3.05) is 11.4 Å². The van der Waals surface area contributed by atoms with Crippen molar-refractivity contribution < 1.29 is 5.11 Å². The van der Waals surface area contributed by atoms with Crippen LogP contribution in [-0.2, 0) is 13.6 Å². The Balaban J connectivity index is 1.64. The molecule has 0 saturated carbocycles. The van der Waals surface area contributed by atoms with Gasteiger partial charge in [-0.2, -0.15) is 5.10 Å². The van der Waals surface area contributed by atoms with E-state index in [1.165, 1.54) is 5.56 Å². The van der Waals surface area contributed by atoms with Gasteiger partial charge in [0.1, 0.15) is 5.75 Å². The number of benzene rings is 2. The van der Waals surface area contributed by atoms with E-state index in [1.54, 1.807) is 12.1 Å². The zero-order valence-electron chi connectivity index (χ0n) is 16.1. The van der Waals surface area contributed by atoms with Crippen LogP contribution in [0.3, 0.4) is 0 Å². The molecule has 0 bridgehead atoms. The van der Waals surface area contributed by atoms with Gasteiger partial charge in [0.25, 0.3) is 0 Å². The third kappa shape index (κ3) is 3.78. The van der Waals surface area contributed by atoms with Crippen molar-refractivity contribution in [1.82, 2.24) is 15.1 Å². The van der Waals surface area contributed by atoms with Gasteiger partial charge in [-0.25, -0.2) is 0 Å². The maximum atomic E-state index is 9.72. The Bertz CT molecular complexity index is 1030. The number of anilines is 1. The number of phenols is 1. The number of phenolic OH excluding ortho intramolecular Hbond substituents is 1. The standard InChI is InChI=1S/C23H24N4O/c1-17-12-20(28)8-9-23(17)27-11-10-22(24-13-18-6-4-3-5-7-18)21(16-27)19-14-25-26(2)15-19/h3-10,12,14-16,24,28H,11,13H2,1-2H3. The molecule has 1 aliphatic heterocycles. The first-order valence-corrected chi connectivity index (χ1v) is 9.35. The van der Waals surface area contributed by atoms with Gasteiger partial charge in [0.05, 0.1) is 6.20 Å². The minimum Gasteiger partial charge on any atom is -0.508 e. The Morgan fingerprint density at radius 2 is 1.96 bits per heavy atom. The minimum atomic E-state index is 0.287. The first-order chi connectivity index (χ1) is 13.6. The fraction of sp³-hybridized carbons (Fsp3) is 0.174. The molecule has 2 aromatic carbocycles. The van der Waals surface area contributed by atoms with Crippen LogP contribution in [0.25, 0.3) is 5.57 Å². The molecule has 0 fully saturated rings. The molecule has 0 unspecified atom stereocenters. The van der Waals surface area contributed by atoms with Gasteiger partial charge in [-0.15, -0.1) is 0 Å². The highest BCUT2D eigenvalue weighted by Crippen LogP contribution is 2.31. The lowest BCUT2D eigenvalue weighted by molar-refractivity contribution is 0.475. The molecule has 0 saturated heterocycles. The zero-order chi connectivity index (χ0) is 19.5. The van der Waals surface area contributed by atoms with Crippen molar-refractivity contribution in [2.45, 2.75) is 13.5 Å². The van der Waals surface area contributed by atoms with Gasteiger partial charge < -0.3 is 15.3 Å². The summed E-state index contributed by atoms with van der Waals surface area (Å²) in [5.41, 5.74) is 6.63. The Morgan fingerprint density at radius 1 is 1.14 bits per heavy atom. The molecule has 0 amide bonds. The largest absolute Gasteiger partial charge is 0.508 e. The number of aromatic nitrogens is 2. The second-order valence-corrected chi connectivity index (χ2v) is 7.03. The average Bonchev–Trinajstić information content (AvgIpc) is 3.13. The summed E-state index contributed by atoms with van der Waals surface area (Å²) in [5, 5.41) is 17.6. The molecule has 0 atom stereocenters. The van der Waals surface area contributed by atoms with E-state index >= 15 is 0 Å². The molecule has 3 aromatic rings. The molecule has 0 spiro atoms. The molecule has 5 heteroatoms. The molecular weight excluding hydrogens is 348 g/mol. The smallest absolute Gasteiger partial charge is 0.115 e. The maximum Gasteiger partial charge on any atom is 0.115 e. The van der Waals surface area contributed by atoms with Gasteiger partial charge in [0.15, 0.2) is 0 Å². The van der Waals surface area contributed by atoms with Crippen LogP contribution in [0.1, 0.15) is 16.7 Å². The van der Waals surface area contributed by atoms with Crippen molar-refractivity contribution in [3.05, 3.63) is 95.6 Å². The topological polar surface area (TPSA) is 53.3 Å². The molecule has 1 aliphatic rings. The van der Waals surface area contributed by atoms with Crippen LogP contribution in [0.2, 0.25) is 0 Å². The summed E-state index contributed by atoms with van der Waals surface area (Å²) in [6.07, 6.45) is 8.27. The predicted molar refractivity (Wildman–Crippen MR) is 113 cm³/mol. The first kappa shape index (κ1) is 17.9. The number of allylic oxidation sites excluding steroid dienone is 1. The van der Waals surface area contributed by atoms with Gasteiger partial charge in [-0.05, 0) is 42.3 Å². The van der Waals surface area contributed by atoms with Crippen LogP contribution in [0.15, 0.2) is 78.9 Å². The second kappa shape index (κ2) is 7.64. The summed E-state index contributed by atoms with van der Waals surface area (Å²) in [6, 6.07) is 15.9. The highest BCUT2D eigenvalue weighted by atomic mass is 16.3. The van der Waals surface area contributed by atoms with Crippen LogP contribution in [0.5, 0.6) is 5.75 Å². The predicted octanol–water partition coefficient (Wildman–Crippen LogP) is 3.97. The van der Waals surface area contributed by atoms with Gasteiger partial charge in [-0.3, -0.25) is 4.68 Å². The van der Waals surface area contributed by atoms with E-state index in [0.717, 1.165) is 41.2 Å². The lowest BCUT2D eigenvalue weighted by Gasteiger charge is -2.28. The third-order valence-corrected chi connectivity index (χ3v) is 4.90. The van der Waals surface area contributed by atoms with Crippen LogP contribution in [0.4, 0.5) is 5.69 Å². The van der Waals surface area contributed by atoms with E-state index in [2.05, 4.69) is 51.9 Å². The molecule has 0 radical (unpaired) electrons. The SMILES string of the molecule is Cc1cc(O)ccc1N1C=C(c2cnn(C)c2)C(NCc2ccccc2)=CC1. The number of hydrogen-bond donors (Lipinski definition) is 2. The van der Waals surface area contributed by atoms with Gasteiger partial charge >= 0.3 is 0 Å². The van der Waals surface area contributed by atoms with Crippen LogP contribution < -0.4 is 10.2 Å². The van der Waals surface area contributed by atoms with E-state index in [0.29, 0.717) is 0 Å². The van der Waals surface area contributed by atoms with Gasteiger partial charge in [0.2, 0.25) is 0 Å². The maximum absolute atomic E-state index is 9.72. The monoisotopic (exact) mass is 372 g/mol. The molecule has 28 heavy (non-hydrogen) atoms. The lowest BCUT2D eigenvalue weighted by atomic mass is 10.0. The van der Waals surface area contributed by atoms with E-state index in [4.69, 9.17) is 0 Å². The van der Waals surface area contributed by atoms with E-state index in [1.807, 2.05) is 43.2 Å². The number of aryl methyl sites for hydroxylation is 2. The van der Waals surface area contributed by atoms with Crippen LogP contribution >= 0.6 is 0 Å².